The van der Waals surface area contributed by atoms with Gasteiger partial charge in [-0.2, -0.15) is 0 Å². The first kappa shape index (κ1) is 12.9. The van der Waals surface area contributed by atoms with Gasteiger partial charge in [0.15, 0.2) is 0 Å². The zero-order valence-electron chi connectivity index (χ0n) is 10.1. The highest BCUT2D eigenvalue weighted by atomic mass is 32.1. The van der Waals surface area contributed by atoms with Crippen LogP contribution in [0, 0.1) is 18.6 Å². The number of hydrogen-bond acceptors (Lipinski definition) is 4. The summed E-state index contributed by atoms with van der Waals surface area (Å²) in [6, 6.07) is 3.15. The smallest absolute Gasteiger partial charge is 0.206 e. The summed E-state index contributed by atoms with van der Waals surface area (Å²) in [6.07, 6.45) is 0.624. The summed E-state index contributed by atoms with van der Waals surface area (Å²) in [5.41, 5.74) is 0.311. The number of anilines is 1. The van der Waals surface area contributed by atoms with Crippen molar-refractivity contribution in [1.29, 1.82) is 0 Å². The molecule has 0 saturated heterocycles. The van der Waals surface area contributed by atoms with Gasteiger partial charge in [0.25, 0.3) is 0 Å². The minimum Gasteiger partial charge on any atom is -0.353 e. The Morgan fingerprint density at radius 1 is 1.33 bits per heavy atom. The maximum atomic E-state index is 13.7. The highest BCUT2D eigenvalue weighted by Crippen LogP contribution is 2.26. The van der Waals surface area contributed by atoms with Gasteiger partial charge in [0.2, 0.25) is 5.13 Å². The number of nitrogens with zero attached hydrogens (tertiary/aromatic N) is 2. The molecule has 2 aromatic rings. The zero-order chi connectivity index (χ0) is 13.1. The lowest BCUT2D eigenvalue weighted by atomic mass is 10.0. The van der Waals surface area contributed by atoms with Crippen LogP contribution in [0.1, 0.15) is 30.0 Å². The summed E-state index contributed by atoms with van der Waals surface area (Å²) < 4.78 is 26.8. The molecular weight excluding hydrogens is 256 g/mol. The Morgan fingerprint density at radius 2 is 2.11 bits per heavy atom. The van der Waals surface area contributed by atoms with Gasteiger partial charge in [0.1, 0.15) is 16.6 Å². The van der Waals surface area contributed by atoms with E-state index in [0.717, 1.165) is 17.1 Å². The molecule has 0 amide bonds. The third kappa shape index (κ3) is 2.81. The molecule has 1 heterocycles. The van der Waals surface area contributed by atoms with Gasteiger partial charge in [-0.15, -0.1) is 10.2 Å². The van der Waals surface area contributed by atoms with Crippen molar-refractivity contribution in [1.82, 2.24) is 10.2 Å². The summed E-state index contributed by atoms with van der Waals surface area (Å²) in [4.78, 5) is 0. The molecule has 0 aliphatic carbocycles. The van der Waals surface area contributed by atoms with Crippen molar-refractivity contribution in [3.05, 3.63) is 40.4 Å². The molecule has 96 valence electrons. The molecule has 1 unspecified atom stereocenters. The number of hydrogen-bond donors (Lipinski definition) is 1. The molecule has 1 aromatic carbocycles. The van der Waals surface area contributed by atoms with Crippen LogP contribution in [0.4, 0.5) is 13.9 Å². The Labute approximate surface area is 108 Å². The second kappa shape index (κ2) is 5.39. The lowest BCUT2D eigenvalue weighted by Crippen LogP contribution is -2.11. The van der Waals surface area contributed by atoms with E-state index in [0.29, 0.717) is 17.1 Å². The average Bonchev–Trinajstić information content (AvgIpc) is 2.75. The van der Waals surface area contributed by atoms with Crippen molar-refractivity contribution < 1.29 is 8.78 Å². The van der Waals surface area contributed by atoms with Gasteiger partial charge in [-0.1, -0.05) is 18.3 Å². The number of aromatic nitrogens is 2. The molecule has 0 radical (unpaired) electrons. The molecule has 6 heteroatoms. The normalized spacial score (nSPS) is 12.4. The third-order valence-electron chi connectivity index (χ3n) is 2.57. The molecule has 1 N–H and O–H groups in total. The molecule has 0 bridgehead atoms. The standard InChI is InChI=1S/C12H13F2N3S/c1-3-11(15-12-17-16-7(2)18-12)9-6-8(13)4-5-10(9)14/h4-6,11H,3H2,1-2H3,(H,15,17). The van der Waals surface area contributed by atoms with Crippen LogP contribution in [0.15, 0.2) is 18.2 Å². The molecule has 0 spiro atoms. The topological polar surface area (TPSA) is 37.8 Å². The molecule has 0 saturated carbocycles. The van der Waals surface area contributed by atoms with Crippen LogP contribution >= 0.6 is 11.3 Å². The fourth-order valence-corrected chi connectivity index (χ4v) is 2.33. The van der Waals surface area contributed by atoms with E-state index in [-0.39, 0.29) is 6.04 Å². The van der Waals surface area contributed by atoms with Crippen molar-refractivity contribution in [2.75, 3.05) is 5.32 Å². The van der Waals surface area contributed by atoms with E-state index >= 15 is 0 Å². The maximum Gasteiger partial charge on any atom is 0.206 e. The highest BCUT2D eigenvalue weighted by molar-refractivity contribution is 7.15. The van der Waals surface area contributed by atoms with Gasteiger partial charge >= 0.3 is 0 Å². The number of benzene rings is 1. The Kier molecular flexibility index (Phi) is 3.86. The van der Waals surface area contributed by atoms with Gasteiger partial charge in [-0.05, 0) is 31.5 Å². The molecule has 0 aliphatic heterocycles. The van der Waals surface area contributed by atoms with Crippen molar-refractivity contribution in [3.63, 3.8) is 0 Å². The zero-order valence-corrected chi connectivity index (χ0v) is 10.9. The van der Waals surface area contributed by atoms with E-state index in [2.05, 4.69) is 15.5 Å². The van der Waals surface area contributed by atoms with Crippen molar-refractivity contribution in [2.45, 2.75) is 26.3 Å². The van der Waals surface area contributed by atoms with Gasteiger partial charge in [-0.25, -0.2) is 8.78 Å². The van der Waals surface area contributed by atoms with Gasteiger partial charge in [-0.3, -0.25) is 0 Å². The summed E-state index contributed by atoms with van der Waals surface area (Å²) in [6.45, 7) is 3.74. The lowest BCUT2D eigenvalue weighted by molar-refractivity contribution is 0.566. The molecule has 2 rings (SSSR count). The maximum absolute atomic E-state index is 13.7. The van der Waals surface area contributed by atoms with E-state index in [1.807, 2.05) is 13.8 Å². The summed E-state index contributed by atoms with van der Waals surface area (Å²) in [7, 11) is 0. The molecule has 0 aliphatic rings. The Bertz CT molecular complexity index is 542. The summed E-state index contributed by atoms with van der Waals surface area (Å²) in [5, 5.41) is 12.3. The molecule has 1 aromatic heterocycles. The first-order chi connectivity index (χ1) is 8.60. The number of nitrogens with one attached hydrogen (secondary N) is 1. The van der Waals surface area contributed by atoms with Crippen LogP contribution < -0.4 is 5.32 Å². The SMILES string of the molecule is CCC(Nc1nnc(C)s1)c1cc(F)ccc1F. The van der Waals surface area contributed by atoms with Gasteiger partial charge < -0.3 is 5.32 Å². The first-order valence-corrected chi connectivity index (χ1v) is 6.43. The molecule has 3 nitrogen and oxygen atoms in total. The minimum atomic E-state index is -0.444. The predicted molar refractivity (Wildman–Crippen MR) is 67.7 cm³/mol. The molecule has 1 atom stereocenters. The average molecular weight is 269 g/mol. The minimum absolute atomic E-state index is 0.311. The number of aryl methyl sites for hydroxylation is 1. The largest absolute Gasteiger partial charge is 0.353 e. The third-order valence-corrected chi connectivity index (χ3v) is 3.34. The molecular formula is C12H13F2N3S. The quantitative estimate of drug-likeness (QED) is 0.920. The monoisotopic (exact) mass is 269 g/mol. The van der Waals surface area contributed by atoms with Crippen LogP contribution in [-0.2, 0) is 0 Å². The molecule has 0 fully saturated rings. The van der Waals surface area contributed by atoms with E-state index in [1.165, 1.54) is 17.4 Å². The summed E-state index contributed by atoms with van der Waals surface area (Å²) in [5.74, 6) is -0.864. The first-order valence-electron chi connectivity index (χ1n) is 5.61. The fraction of sp³-hybridized carbons (Fsp3) is 0.333. The van der Waals surface area contributed by atoms with Crippen molar-refractivity contribution >= 4 is 16.5 Å². The van der Waals surface area contributed by atoms with Gasteiger partial charge in [0.05, 0.1) is 6.04 Å². The Morgan fingerprint density at radius 3 is 2.72 bits per heavy atom. The van der Waals surface area contributed by atoms with Crippen LogP contribution in [0.5, 0.6) is 0 Å². The number of halogens is 2. The summed E-state index contributed by atoms with van der Waals surface area (Å²) >= 11 is 1.39. The second-order valence-electron chi connectivity index (χ2n) is 3.90. The van der Waals surface area contributed by atoms with Crippen molar-refractivity contribution in [2.24, 2.45) is 0 Å². The van der Waals surface area contributed by atoms with Crippen molar-refractivity contribution in [3.8, 4) is 0 Å². The molecule has 18 heavy (non-hydrogen) atoms. The van der Waals surface area contributed by atoms with E-state index in [1.54, 1.807) is 0 Å². The van der Waals surface area contributed by atoms with E-state index in [4.69, 9.17) is 0 Å². The van der Waals surface area contributed by atoms with Crippen LogP contribution in [-0.4, -0.2) is 10.2 Å². The lowest BCUT2D eigenvalue weighted by Gasteiger charge is -2.17. The fourth-order valence-electron chi connectivity index (χ4n) is 1.69. The predicted octanol–water partition coefficient (Wildman–Crippen LogP) is 3.69. The van der Waals surface area contributed by atoms with Crippen LogP contribution in [0.25, 0.3) is 0 Å². The van der Waals surface area contributed by atoms with Crippen LogP contribution in [0.3, 0.4) is 0 Å². The van der Waals surface area contributed by atoms with E-state index < -0.39 is 11.6 Å². The Hall–Kier alpha value is -1.56. The highest BCUT2D eigenvalue weighted by Gasteiger charge is 2.16. The van der Waals surface area contributed by atoms with E-state index in [9.17, 15) is 8.78 Å². The Balaban J connectivity index is 2.25. The van der Waals surface area contributed by atoms with Gasteiger partial charge in [0, 0.05) is 5.56 Å². The second-order valence-corrected chi connectivity index (χ2v) is 5.08. The van der Waals surface area contributed by atoms with Crippen LogP contribution in [0.2, 0.25) is 0 Å². The number of rotatable bonds is 4.